The molecule has 0 bridgehead atoms. The highest BCUT2D eigenvalue weighted by Gasteiger charge is 2.12. The first-order valence-corrected chi connectivity index (χ1v) is 9.71. The fourth-order valence-corrected chi connectivity index (χ4v) is 3.57. The van der Waals surface area contributed by atoms with Crippen LogP contribution in [0.25, 0.3) is 0 Å². The molecule has 2 N–H and O–H groups in total. The molecular formula is C22H30N3O+. The highest BCUT2D eigenvalue weighted by Crippen LogP contribution is 2.21. The SMILES string of the molecule is C[NH+](CC(=O)Nc1ccc(N2CCCCCC2)cc1)Cc1ccccc1. The van der Waals surface area contributed by atoms with Gasteiger partial charge >= 0.3 is 0 Å². The van der Waals surface area contributed by atoms with Crippen molar-refractivity contribution < 1.29 is 9.69 Å². The van der Waals surface area contributed by atoms with Crippen LogP contribution in [0.1, 0.15) is 31.2 Å². The molecule has 4 nitrogen and oxygen atoms in total. The molecule has 1 heterocycles. The third-order valence-corrected chi connectivity index (χ3v) is 4.93. The highest BCUT2D eigenvalue weighted by atomic mass is 16.2. The zero-order chi connectivity index (χ0) is 18.2. The van der Waals surface area contributed by atoms with E-state index in [-0.39, 0.29) is 5.91 Å². The largest absolute Gasteiger partial charge is 0.372 e. The van der Waals surface area contributed by atoms with Crippen LogP contribution in [0.4, 0.5) is 11.4 Å². The highest BCUT2D eigenvalue weighted by molar-refractivity contribution is 5.91. The number of carbonyl (C=O) groups is 1. The van der Waals surface area contributed by atoms with Gasteiger partial charge in [0.25, 0.3) is 5.91 Å². The second-order valence-corrected chi connectivity index (χ2v) is 7.29. The number of anilines is 2. The number of benzene rings is 2. The number of carbonyl (C=O) groups excluding carboxylic acids is 1. The third-order valence-electron chi connectivity index (χ3n) is 4.93. The number of nitrogens with zero attached hydrogens (tertiary/aromatic N) is 1. The van der Waals surface area contributed by atoms with E-state index >= 15 is 0 Å². The molecule has 0 radical (unpaired) electrons. The number of nitrogens with one attached hydrogen (secondary N) is 2. The van der Waals surface area contributed by atoms with Gasteiger partial charge in [0.15, 0.2) is 6.54 Å². The van der Waals surface area contributed by atoms with Crippen LogP contribution in [0.3, 0.4) is 0 Å². The van der Waals surface area contributed by atoms with Gasteiger partial charge in [-0.1, -0.05) is 43.2 Å². The molecule has 1 fully saturated rings. The molecule has 2 aromatic carbocycles. The van der Waals surface area contributed by atoms with Gasteiger partial charge in [0, 0.05) is 30.0 Å². The van der Waals surface area contributed by atoms with Crippen LogP contribution in [0.15, 0.2) is 54.6 Å². The lowest BCUT2D eigenvalue weighted by atomic mass is 10.2. The van der Waals surface area contributed by atoms with E-state index < -0.39 is 0 Å². The molecule has 0 aromatic heterocycles. The monoisotopic (exact) mass is 352 g/mol. The van der Waals surface area contributed by atoms with Gasteiger partial charge in [-0.15, -0.1) is 0 Å². The van der Waals surface area contributed by atoms with Crippen molar-refractivity contribution in [3.05, 3.63) is 60.2 Å². The Hall–Kier alpha value is -2.33. The van der Waals surface area contributed by atoms with E-state index in [1.807, 2.05) is 30.3 Å². The normalized spacial score (nSPS) is 16.0. The Labute approximate surface area is 156 Å². The van der Waals surface area contributed by atoms with Gasteiger partial charge in [0.05, 0.1) is 7.05 Å². The Balaban J connectivity index is 1.49. The maximum Gasteiger partial charge on any atom is 0.279 e. The molecule has 138 valence electrons. The lowest BCUT2D eigenvalue weighted by molar-refractivity contribution is -0.885. The number of rotatable bonds is 6. The van der Waals surface area contributed by atoms with Crippen LogP contribution in [-0.2, 0) is 11.3 Å². The summed E-state index contributed by atoms with van der Waals surface area (Å²) in [5.41, 5.74) is 3.39. The summed E-state index contributed by atoms with van der Waals surface area (Å²) in [7, 11) is 2.05. The number of likely N-dealkylation sites (N-methyl/N-ethyl adjacent to an activating group) is 1. The fourth-order valence-electron chi connectivity index (χ4n) is 3.57. The summed E-state index contributed by atoms with van der Waals surface area (Å²) in [6, 6.07) is 18.6. The van der Waals surface area contributed by atoms with E-state index in [0.717, 1.165) is 25.3 Å². The van der Waals surface area contributed by atoms with Gasteiger partial charge in [0.1, 0.15) is 6.54 Å². The van der Waals surface area contributed by atoms with Crippen LogP contribution in [0, 0.1) is 0 Å². The van der Waals surface area contributed by atoms with E-state index in [0.29, 0.717) is 6.54 Å². The topological polar surface area (TPSA) is 36.8 Å². The van der Waals surface area contributed by atoms with Gasteiger partial charge in [-0.25, -0.2) is 0 Å². The van der Waals surface area contributed by atoms with Crippen molar-refractivity contribution in [2.24, 2.45) is 0 Å². The quantitative estimate of drug-likeness (QED) is 0.839. The summed E-state index contributed by atoms with van der Waals surface area (Å²) < 4.78 is 0. The summed E-state index contributed by atoms with van der Waals surface area (Å²) in [6.07, 6.45) is 5.22. The van der Waals surface area contributed by atoms with Crippen molar-refractivity contribution in [1.29, 1.82) is 0 Å². The molecule has 0 spiro atoms. The molecule has 0 aliphatic carbocycles. The van der Waals surface area contributed by atoms with Crippen LogP contribution in [0.2, 0.25) is 0 Å². The fraction of sp³-hybridized carbons (Fsp3) is 0.409. The van der Waals surface area contributed by atoms with Gasteiger partial charge in [0.2, 0.25) is 0 Å². The van der Waals surface area contributed by atoms with Crippen LogP contribution in [-0.4, -0.2) is 32.6 Å². The van der Waals surface area contributed by atoms with Gasteiger partial charge in [-0.3, -0.25) is 4.79 Å². The molecule has 1 unspecified atom stereocenters. The lowest BCUT2D eigenvalue weighted by Gasteiger charge is -2.22. The van der Waals surface area contributed by atoms with E-state index in [1.165, 1.54) is 41.8 Å². The van der Waals surface area contributed by atoms with E-state index in [1.54, 1.807) is 0 Å². The molecule has 4 heteroatoms. The number of quaternary nitrogens is 1. The summed E-state index contributed by atoms with van der Waals surface area (Å²) in [4.78, 5) is 15.9. The Morgan fingerprint density at radius 1 is 0.962 bits per heavy atom. The molecule has 2 aromatic rings. The molecule has 1 amide bonds. The molecular weight excluding hydrogens is 322 g/mol. The first kappa shape index (κ1) is 18.5. The molecule has 3 rings (SSSR count). The molecule has 1 saturated heterocycles. The summed E-state index contributed by atoms with van der Waals surface area (Å²) in [5, 5.41) is 3.02. The average molecular weight is 353 g/mol. The smallest absolute Gasteiger partial charge is 0.279 e. The standard InChI is InChI=1S/C22H29N3O/c1-24(17-19-9-5-4-6-10-19)18-22(26)23-20-11-13-21(14-12-20)25-15-7-2-3-8-16-25/h4-6,9-14H,2-3,7-8,15-18H2,1H3,(H,23,26)/p+1. The molecule has 26 heavy (non-hydrogen) atoms. The first-order valence-electron chi connectivity index (χ1n) is 9.71. The zero-order valence-corrected chi connectivity index (χ0v) is 15.7. The van der Waals surface area contributed by atoms with Crippen LogP contribution in [0.5, 0.6) is 0 Å². The predicted octanol–water partition coefficient (Wildman–Crippen LogP) is 2.72. The maximum absolute atomic E-state index is 12.3. The minimum Gasteiger partial charge on any atom is -0.372 e. The Morgan fingerprint density at radius 3 is 2.27 bits per heavy atom. The Bertz CT molecular complexity index is 676. The van der Waals surface area contributed by atoms with Crippen molar-refractivity contribution in [1.82, 2.24) is 0 Å². The van der Waals surface area contributed by atoms with Gasteiger partial charge < -0.3 is 15.1 Å². The molecule has 1 aliphatic rings. The number of hydrogen-bond acceptors (Lipinski definition) is 2. The van der Waals surface area contributed by atoms with Crippen molar-refractivity contribution in [2.45, 2.75) is 32.2 Å². The first-order chi connectivity index (χ1) is 12.7. The third kappa shape index (κ3) is 5.60. The van der Waals surface area contributed by atoms with Crippen molar-refractivity contribution in [3.8, 4) is 0 Å². The molecule has 1 aliphatic heterocycles. The second kappa shape index (κ2) is 9.39. The van der Waals surface area contributed by atoms with Gasteiger partial charge in [-0.2, -0.15) is 0 Å². The zero-order valence-electron chi connectivity index (χ0n) is 15.7. The van der Waals surface area contributed by atoms with Gasteiger partial charge in [-0.05, 0) is 37.1 Å². The van der Waals surface area contributed by atoms with E-state index in [4.69, 9.17) is 0 Å². The average Bonchev–Trinajstić information content (AvgIpc) is 2.92. The molecule has 1 atom stereocenters. The second-order valence-electron chi connectivity index (χ2n) is 7.29. The van der Waals surface area contributed by atoms with Crippen molar-refractivity contribution in [3.63, 3.8) is 0 Å². The summed E-state index contributed by atoms with van der Waals surface area (Å²) in [5.74, 6) is 0.0564. The van der Waals surface area contributed by atoms with Crippen LogP contribution < -0.4 is 15.1 Å². The maximum atomic E-state index is 12.3. The van der Waals surface area contributed by atoms with E-state index in [2.05, 4.69) is 41.5 Å². The Morgan fingerprint density at radius 2 is 1.62 bits per heavy atom. The predicted molar refractivity (Wildman–Crippen MR) is 108 cm³/mol. The minimum absolute atomic E-state index is 0.0564. The lowest BCUT2D eigenvalue weighted by Crippen LogP contribution is -3.08. The Kier molecular flexibility index (Phi) is 6.67. The number of amides is 1. The minimum atomic E-state index is 0.0564. The van der Waals surface area contributed by atoms with E-state index in [9.17, 15) is 4.79 Å². The van der Waals surface area contributed by atoms with Crippen molar-refractivity contribution >= 4 is 17.3 Å². The molecule has 0 saturated carbocycles. The van der Waals surface area contributed by atoms with Crippen LogP contribution >= 0.6 is 0 Å². The summed E-state index contributed by atoms with van der Waals surface area (Å²) in [6.45, 7) is 3.59. The van der Waals surface area contributed by atoms with Crippen molar-refractivity contribution in [2.75, 3.05) is 36.9 Å². The summed E-state index contributed by atoms with van der Waals surface area (Å²) >= 11 is 0. The number of hydrogen-bond donors (Lipinski definition) is 2.